The Bertz CT molecular complexity index is 616. The summed E-state index contributed by atoms with van der Waals surface area (Å²) in [6.07, 6.45) is 4.34. The van der Waals surface area contributed by atoms with Gasteiger partial charge in [0.05, 0.1) is 0 Å². The van der Waals surface area contributed by atoms with E-state index >= 15 is 0 Å². The van der Waals surface area contributed by atoms with Crippen molar-refractivity contribution in [1.29, 1.82) is 0 Å². The van der Waals surface area contributed by atoms with Crippen LogP contribution in [0.25, 0.3) is 11.1 Å². The lowest BCUT2D eigenvalue weighted by Crippen LogP contribution is -2.05. The topological polar surface area (TPSA) is 52.0 Å². The van der Waals surface area contributed by atoms with E-state index in [-0.39, 0.29) is 12.1 Å². The minimum atomic E-state index is 0.212. The molecule has 4 N–H and O–H groups in total. The Labute approximate surface area is 119 Å². The monoisotopic (exact) mass is 264 g/mol. The maximum absolute atomic E-state index is 6.21. The van der Waals surface area contributed by atoms with E-state index in [1.807, 2.05) is 0 Å². The normalized spacial score (nSPS) is 23.7. The Morgan fingerprint density at radius 2 is 1.15 bits per heavy atom. The second-order valence-electron chi connectivity index (χ2n) is 6.04. The predicted octanol–water partition coefficient (Wildman–Crippen LogP) is 3.25. The van der Waals surface area contributed by atoms with Gasteiger partial charge >= 0.3 is 0 Å². The number of nitrogens with two attached hydrogens (primary N) is 2. The third-order valence-corrected chi connectivity index (χ3v) is 4.92. The highest BCUT2D eigenvalue weighted by atomic mass is 14.7. The van der Waals surface area contributed by atoms with Crippen molar-refractivity contribution >= 4 is 0 Å². The fourth-order valence-electron chi connectivity index (χ4n) is 3.88. The zero-order chi connectivity index (χ0) is 13.7. The quantitative estimate of drug-likeness (QED) is 0.830. The van der Waals surface area contributed by atoms with Crippen LogP contribution in [0.2, 0.25) is 0 Å². The minimum absolute atomic E-state index is 0.212. The maximum atomic E-state index is 6.21. The third kappa shape index (κ3) is 1.65. The molecule has 0 spiro atoms. The average molecular weight is 264 g/mol. The SMILES string of the molecule is N[C@@H]1CCc2c(-c3cccc4c3CC[C@H]4N)cccc21. The Hall–Kier alpha value is -1.64. The molecule has 0 saturated heterocycles. The van der Waals surface area contributed by atoms with Crippen molar-refractivity contribution in [1.82, 2.24) is 0 Å². The molecule has 102 valence electrons. The summed E-state index contributed by atoms with van der Waals surface area (Å²) >= 11 is 0. The molecule has 0 aromatic heterocycles. The smallest absolute Gasteiger partial charge is 0.0300 e. The molecule has 2 atom stereocenters. The lowest BCUT2D eigenvalue weighted by molar-refractivity contribution is 0.713. The van der Waals surface area contributed by atoms with E-state index in [9.17, 15) is 0 Å². The van der Waals surface area contributed by atoms with Gasteiger partial charge in [0, 0.05) is 12.1 Å². The van der Waals surface area contributed by atoms with E-state index in [4.69, 9.17) is 11.5 Å². The van der Waals surface area contributed by atoms with Gasteiger partial charge < -0.3 is 11.5 Å². The highest BCUT2D eigenvalue weighted by Gasteiger charge is 2.26. The molecule has 2 nitrogen and oxygen atoms in total. The Morgan fingerprint density at radius 3 is 1.60 bits per heavy atom. The molecule has 0 amide bonds. The minimum Gasteiger partial charge on any atom is -0.324 e. The molecule has 20 heavy (non-hydrogen) atoms. The molecule has 2 aromatic carbocycles. The van der Waals surface area contributed by atoms with Gasteiger partial charge in [-0.05, 0) is 59.1 Å². The second-order valence-corrected chi connectivity index (χ2v) is 6.04. The number of fused-ring (bicyclic) bond motifs is 2. The Balaban J connectivity index is 1.92. The number of hydrogen-bond acceptors (Lipinski definition) is 2. The van der Waals surface area contributed by atoms with Crippen LogP contribution >= 0.6 is 0 Å². The van der Waals surface area contributed by atoms with Crippen molar-refractivity contribution < 1.29 is 0 Å². The first-order valence-electron chi connectivity index (χ1n) is 7.51. The largest absolute Gasteiger partial charge is 0.324 e. The van der Waals surface area contributed by atoms with Gasteiger partial charge in [0.2, 0.25) is 0 Å². The molecule has 2 aliphatic carbocycles. The molecule has 0 fully saturated rings. The van der Waals surface area contributed by atoms with Crippen molar-refractivity contribution in [3.8, 4) is 11.1 Å². The Kier molecular flexibility index (Phi) is 2.69. The van der Waals surface area contributed by atoms with E-state index in [0.29, 0.717) is 0 Å². The molecule has 2 aliphatic rings. The molecule has 0 saturated carbocycles. The van der Waals surface area contributed by atoms with Gasteiger partial charge in [-0.3, -0.25) is 0 Å². The molecule has 0 bridgehead atoms. The van der Waals surface area contributed by atoms with Crippen LogP contribution in [0.5, 0.6) is 0 Å². The van der Waals surface area contributed by atoms with Crippen molar-refractivity contribution in [2.24, 2.45) is 11.5 Å². The predicted molar refractivity (Wildman–Crippen MR) is 82.4 cm³/mol. The summed E-state index contributed by atoms with van der Waals surface area (Å²) in [5, 5.41) is 0. The lowest BCUT2D eigenvalue weighted by atomic mass is 9.91. The van der Waals surface area contributed by atoms with E-state index in [0.717, 1.165) is 25.7 Å². The van der Waals surface area contributed by atoms with E-state index in [2.05, 4.69) is 36.4 Å². The van der Waals surface area contributed by atoms with Gasteiger partial charge in [-0.1, -0.05) is 36.4 Å². The van der Waals surface area contributed by atoms with Crippen molar-refractivity contribution in [3.05, 3.63) is 58.7 Å². The summed E-state index contributed by atoms with van der Waals surface area (Å²) in [6, 6.07) is 13.6. The number of benzene rings is 2. The number of rotatable bonds is 1. The zero-order valence-electron chi connectivity index (χ0n) is 11.6. The van der Waals surface area contributed by atoms with Crippen molar-refractivity contribution in [3.63, 3.8) is 0 Å². The highest BCUT2D eigenvalue weighted by molar-refractivity contribution is 5.74. The lowest BCUT2D eigenvalue weighted by Gasteiger charge is -2.14. The van der Waals surface area contributed by atoms with Gasteiger partial charge in [0.15, 0.2) is 0 Å². The summed E-state index contributed by atoms with van der Waals surface area (Å²) in [5.74, 6) is 0. The average Bonchev–Trinajstić information content (AvgIpc) is 3.03. The summed E-state index contributed by atoms with van der Waals surface area (Å²) in [7, 11) is 0. The van der Waals surface area contributed by atoms with Gasteiger partial charge in [-0.2, -0.15) is 0 Å². The fourth-order valence-corrected chi connectivity index (χ4v) is 3.88. The summed E-state index contributed by atoms with van der Waals surface area (Å²) in [6.45, 7) is 0. The van der Waals surface area contributed by atoms with Crippen molar-refractivity contribution in [2.45, 2.75) is 37.8 Å². The van der Waals surface area contributed by atoms with E-state index in [1.54, 1.807) is 0 Å². The molecule has 2 heteroatoms. The van der Waals surface area contributed by atoms with Crippen LogP contribution in [-0.2, 0) is 12.8 Å². The van der Waals surface area contributed by atoms with Crippen LogP contribution in [0.4, 0.5) is 0 Å². The summed E-state index contributed by atoms with van der Waals surface area (Å²) in [4.78, 5) is 0. The summed E-state index contributed by atoms with van der Waals surface area (Å²) in [5.41, 5.74) is 20.7. The van der Waals surface area contributed by atoms with Crippen LogP contribution < -0.4 is 11.5 Å². The molecular formula is C18H20N2. The van der Waals surface area contributed by atoms with Crippen LogP contribution in [0, 0.1) is 0 Å². The van der Waals surface area contributed by atoms with Crippen LogP contribution in [0.3, 0.4) is 0 Å². The van der Waals surface area contributed by atoms with Crippen LogP contribution in [0.15, 0.2) is 36.4 Å². The Morgan fingerprint density at radius 1 is 0.700 bits per heavy atom. The van der Waals surface area contributed by atoms with Crippen LogP contribution in [-0.4, -0.2) is 0 Å². The standard InChI is InChI=1S/C18H20N2/c19-17-9-7-13-11(3-1-5-15(13)17)12-4-2-6-16-14(12)8-10-18(16)20/h1-6,17-18H,7-10,19-20H2/t17-,18-/m1/s1. The molecule has 0 radical (unpaired) electrons. The van der Waals surface area contributed by atoms with Gasteiger partial charge in [-0.25, -0.2) is 0 Å². The van der Waals surface area contributed by atoms with Crippen molar-refractivity contribution in [2.75, 3.05) is 0 Å². The molecular weight excluding hydrogens is 244 g/mol. The number of hydrogen-bond donors (Lipinski definition) is 2. The first-order chi connectivity index (χ1) is 9.75. The van der Waals surface area contributed by atoms with E-state index in [1.165, 1.54) is 33.4 Å². The van der Waals surface area contributed by atoms with Gasteiger partial charge in [-0.15, -0.1) is 0 Å². The first-order valence-corrected chi connectivity index (χ1v) is 7.51. The molecule has 0 heterocycles. The summed E-state index contributed by atoms with van der Waals surface area (Å²) < 4.78 is 0. The van der Waals surface area contributed by atoms with Crippen LogP contribution in [0.1, 0.15) is 47.2 Å². The first kappa shape index (κ1) is 12.1. The maximum Gasteiger partial charge on any atom is 0.0300 e. The fraction of sp³-hybridized carbons (Fsp3) is 0.333. The molecule has 0 unspecified atom stereocenters. The van der Waals surface area contributed by atoms with Gasteiger partial charge in [0.25, 0.3) is 0 Å². The van der Waals surface area contributed by atoms with E-state index < -0.39 is 0 Å². The molecule has 4 rings (SSSR count). The zero-order valence-corrected chi connectivity index (χ0v) is 11.6. The van der Waals surface area contributed by atoms with Gasteiger partial charge in [0.1, 0.15) is 0 Å². The third-order valence-electron chi connectivity index (χ3n) is 4.92. The highest BCUT2D eigenvalue weighted by Crippen LogP contribution is 2.41. The molecule has 2 aromatic rings. The second kappa shape index (κ2) is 4.44. The molecule has 0 aliphatic heterocycles.